The van der Waals surface area contributed by atoms with Crippen LogP contribution in [0.2, 0.25) is 0 Å². The van der Waals surface area contributed by atoms with E-state index in [1.54, 1.807) is 0 Å². The van der Waals surface area contributed by atoms with Crippen molar-refractivity contribution in [1.82, 2.24) is 9.80 Å². The number of rotatable bonds is 3. The molecule has 0 aromatic carbocycles. The zero-order valence-electron chi connectivity index (χ0n) is 12.9. The number of morpholine rings is 1. The molecule has 0 aromatic heterocycles. The van der Waals surface area contributed by atoms with Crippen molar-refractivity contribution < 1.29 is 4.74 Å². The fourth-order valence-corrected chi connectivity index (χ4v) is 3.38. The van der Waals surface area contributed by atoms with E-state index in [2.05, 4.69) is 9.80 Å². The smallest absolute Gasteiger partial charge is 0.191 e. The number of likely N-dealkylation sites (tertiary alicyclic amines) is 1. The Bertz CT molecular complexity index is 346. The normalized spacial score (nSPS) is 26.9. The van der Waals surface area contributed by atoms with E-state index < -0.39 is 0 Å². The largest absolute Gasteiger partial charge is 0.379 e. The van der Waals surface area contributed by atoms with E-state index in [0.717, 1.165) is 51.9 Å². The van der Waals surface area contributed by atoms with Crippen molar-refractivity contribution in [2.75, 3.05) is 45.9 Å². The molecule has 2 aliphatic heterocycles. The average Bonchev–Trinajstić information content (AvgIpc) is 3.30. The Balaban J connectivity index is 0.00000161. The molecule has 1 saturated carbocycles. The lowest BCUT2D eigenvalue weighted by molar-refractivity contribution is 0.0117. The second-order valence-electron chi connectivity index (χ2n) is 6.40. The third-order valence-corrected chi connectivity index (χ3v) is 4.97. The summed E-state index contributed by atoms with van der Waals surface area (Å²) in [5.74, 6) is 0.770. The highest BCUT2D eigenvalue weighted by Crippen LogP contribution is 2.42. The van der Waals surface area contributed by atoms with Crippen LogP contribution in [0.1, 0.15) is 38.5 Å². The van der Waals surface area contributed by atoms with Gasteiger partial charge in [-0.15, -0.1) is 24.0 Å². The zero-order valence-corrected chi connectivity index (χ0v) is 15.3. The van der Waals surface area contributed by atoms with Gasteiger partial charge in [-0.3, -0.25) is 9.89 Å². The Morgan fingerprint density at radius 3 is 2.19 bits per heavy atom. The fraction of sp³-hybridized carbons (Fsp3) is 0.933. The van der Waals surface area contributed by atoms with Crippen LogP contribution in [-0.4, -0.2) is 67.2 Å². The van der Waals surface area contributed by atoms with Gasteiger partial charge in [0.2, 0.25) is 0 Å². The number of nitrogens with two attached hydrogens (primary N) is 1. The molecule has 0 aromatic rings. The van der Waals surface area contributed by atoms with Gasteiger partial charge in [0.05, 0.1) is 19.8 Å². The molecule has 0 spiro atoms. The molecule has 3 aliphatic rings. The summed E-state index contributed by atoms with van der Waals surface area (Å²) in [4.78, 5) is 9.58. The number of nitrogens with zero attached hydrogens (tertiary/aromatic N) is 3. The summed E-state index contributed by atoms with van der Waals surface area (Å²) in [5, 5.41) is 0. The van der Waals surface area contributed by atoms with E-state index in [0.29, 0.717) is 5.54 Å². The number of guanidine groups is 1. The van der Waals surface area contributed by atoms with Crippen LogP contribution in [0.3, 0.4) is 0 Å². The summed E-state index contributed by atoms with van der Waals surface area (Å²) in [6.07, 6.45) is 7.71. The highest BCUT2D eigenvalue weighted by molar-refractivity contribution is 14.0. The second kappa shape index (κ2) is 7.97. The van der Waals surface area contributed by atoms with Crippen LogP contribution in [0.4, 0.5) is 0 Å². The van der Waals surface area contributed by atoms with Gasteiger partial charge in [-0.25, -0.2) is 0 Å². The average molecular weight is 408 g/mol. The van der Waals surface area contributed by atoms with E-state index in [1.807, 2.05) is 0 Å². The van der Waals surface area contributed by atoms with Crippen LogP contribution in [0.15, 0.2) is 4.99 Å². The molecular weight excluding hydrogens is 379 g/mol. The minimum atomic E-state index is 0. The molecule has 0 radical (unpaired) electrons. The molecular formula is C15H29IN4O. The first kappa shape index (κ1) is 17.3. The van der Waals surface area contributed by atoms with Crippen molar-refractivity contribution in [2.45, 2.75) is 44.1 Å². The molecule has 0 amide bonds. The lowest BCUT2D eigenvalue weighted by Gasteiger charge is -2.34. The number of hydrogen-bond donors (Lipinski definition) is 1. The zero-order chi connectivity index (χ0) is 13.8. The van der Waals surface area contributed by atoms with E-state index in [9.17, 15) is 0 Å². The second-order valence-corrected chi connectivity index (χ2v) is 6.40. The summed E-state index contributed by atoms with van der Waals surface area (Å²) < 4.78 is 5.45. The molecule has 2 N–H and O–H groups in total. The van der Waals surface area contributed by atoms with E-state index >= 15 is 0 Å². The van der Waals surface area contributed by atoms with Crippen LogP contribution in [0.25, 0.3) is 0 Å². The van der Waals surface area contributed by atoms with Crippen molar-refractivity contribution in [3.63, 3.8) is 0 Å². The standard InChI is InChI=1S/C15H28N4O.HI/c16-14(18-7-3-1-2-4-8-18)17-13-15(5-6-15)19-9-11-20-12-10-19;/h1-13H2,(H2,16,17);1H. The molecule has 3 fully saturated rings. The van der Waals surface area contributed by atoms with Crippen LogP contribution >= 0.6 is 24.0 Å². The molecule has 6 heteroatoms. The quantitative estimate of drug-likeness (QED) is 0.439. The summed E-state index contributed by atoms with van der Waals surface area (Å²) in [7, 11) is 0. The predicted octanol–water partition coefficient (Wildman–Crippen LogP) is 1.66. The molecule has 122 valence electrons. The number of ether oxygens (including phenoxy) is 1. The highest BCUT2D eigenvalue weighted by Gasteiger charge is 2.48. The first-order valence-electron chi connectivity index (χ1n) is 8.18. The Labute approximate surface area is 145 Å². The molecule has 0 unspecified atom stereocenters. The Morgan fingerprint density at radius 2 is 1.62 bits per heavy atom. The Kier molecular flexibility index (Phi) is 6.55. The summed E-state index contributed by atoms with van der Waals surface area (Å²) in [5.41, 5.74) is 6.52. The summed E-state index contributed by atoms with van der Waals surface area (Å²) in [6.45, 7) is 6.88. The van der Waals surface area contributed by atoms with Crippen LogP contribution in [-0.2, 0) is 4.74 Å². The summed E-state index contributed by atoms with van der Waals surface area (Å²) in [6, 6.07) is 0. The lowest BCUT2D eigenvalue weighted by Crippen LogP contribution is -2.47. The third kappa shape index (κ3) is 4.45. The molecule has 2 saturated heterocycles. The maximum absolute atomic E-state index is 6.22. The highest BCUT2D eigenvalue weighted by atomic mass is 127. The molecule has 1 aliphatic carbocycles. The van der Waals surface area contributed by atoms with E-state index in [1.165, 1.54) is 38.5 Å². The number of hydrogen-bond acceptors (Lipinski definition) is 3. The van der Waals surface area contributed by atoms with Gasteiger partial charge < -0.3 is 15.4 Å². The first-order chi connectivity index (χ1) is 9.80. The van der Waals surface area contributed by atoms with Crippen LogP contribution < -0.4 is 5.73 Å². The number of halogens is 1. The SMILES string of the molecule is I.NC(=NCC1(N2CCOCC2)CC1)N1CCCCCC1. The molecule has 0 bridgehead atoms. The van der Waals surface area contributed by atoms with Gasteiger partial charge >= 0.3 is 0 Å². The van der Waals surface area contributed by atoms with Crippen LogP contribution in [0.5, 0.6) is 0 Å². The predicted molar refractivity (Wildman–Crippen MR) is 96.3 cm³/mol. The van der Waals surface area contributed by atoms with E-state index in [4.69, 9.17) is 15.5 Å². The Hall–Kier alpha value is -0.0800. The molecule has 5 nitrogen and oxygen atoms in total. The van der Waals surface area contributed by atoms with Gasteiger partial charge in [0.1, 0.15) is 0 Å². The van der Waals surface area contributed by atoms with Crippen molar-refractivity contribution in [3.05, 3.63) is 0 Å². The number of aliphatic imine (C=N–C) groups is 1. The fourth-order valence-electron chi connectivity index (χ4n) is 3.38. The van der Waals surface area contributed by atoms with Gasteiger partial charge in [-0.1, -0.05) is 12.8 Å². The first-order valence-corrected chi connectivity index (χ1v) is 8.18. The molecule has 0 atom stereocenters. The summed E-state index contributed by atoms with van der Waals surface area (Å²) >= 11 is 0. The monoisotopic (exact) mass is 408 g/mol. The van der Waals surface area contributed by atoms with Gasteiger partial charge in [0, 0.05) is 31.7 Å². The maximum atomic E-state index is 6.22. The van der Waals surface area contributed by atoms with Crippen molar-refractivity contribution in [1.29, 1.82) is 0 Å². The Morgan fingerprint density at radius 1 is 1.00 bits per heavy atom. The minimum Gasteiger partial charge on any atom is -0.379 e. The third-order valence-electron chi connectivity index (χ3n) is 4.97. The molecule has 2 heterocycles. The van der Waals surface area contributed by atoms with Crippen molar-refractivity contribution in [3.8, 4) is 0 Å². The van der Waals surface area contributed by atoms with Gasteiger partial charge in [0.15, 0.2) is 5.96 Å². The maximum Gasteiger partial charge on any atom is 0.191 e. The molecule has 3 rings (SSSR count). The van der Waals surface area contributed by atoms with Crippen molar-refractivity contribution >= 4 is 29.9 Å². The van der Waals surface area contributed by atoms with Crippen LogP contribution in [0, 0.1) is 0 Å². The van der Waals surface area contributed by atoms with Gasteiger partial charge in [-0.2, -0.15) is 0 Å². The van der Waals surface area contributed by atoms with E-state index in [-0.39, 0.29) is 24.0 Å². The minimum absolute atomic E-state index is 0. The lowest BCUT2D eigenvalue weighted by atomic mass is 10.2. The topological polar surface area (TPSA) is 54.1 Å². The van der Waals surface area contributed by atoms with Crippen molar-refractivity contribution in [2.24, 2.45) is 10.7 Å². The molecule has 21 heavy (non-hydrogen) atoms. The van der Waals surface area contributed by atoms with Gasteiger partial charge in [0.25, 0.3) is 0 Å². The van der Waals surface area contributed by atoms with Gasteiger partial charge in [-0.05, 0) is 25.7 Å².